The number of ether oxygens (including phenoxy) is 1. The van der Waals surface area contributed by atoms with E-state index >= 15 is 0 Å². The summed E-state index contributed by atoms with van der Waals surface area (Å²) in [5.41, 5.74) is 10.4. The van der Waals surface area contributed by atoms with Crippen LogP contribution in [0.15, 0.2) is 35.1 Å². The fraction of sp³-hybridized carbons (Fsp3) is 0.682. The first-order valence-corrected chi connectivity index (χ1v) is 10.1. The molecule has 25 heavy (non-hydrogen) atoms. The zero-order chi connectivity index (χ0) is 17.0. The summed E-state index contributed by atoms with van der Waals surface area (Å²) < 4.78 is 5.94. The second-order valence-corrected chi connectivity index (χ2v) is 9.63. The van der Waals surface area contributed by atoms with E-state index < -0.39 is 0 Å². The van der Waals surface area contributed by atoms with Crippen LogP contribution < -0.4 is 5.73 Å². The summed E-state index contributed by atoms with van der Waals surface area (Å²) in [6.07, 6.45) is 14.4. The third kappa shape index (κ3) is 1.66. The van der Waals surface area contributed by atoms with Crippen molar-refractivity contribution >= 4 is 5.97 Å². The molecule has 132 valence electrons. The van der Waals surface area contributed by atoms with Gasteiger partial charge in [0.15, 0.2) is 0 Å². The highest BCUT2D eigenvalue weighted by Gasteiger charge is 2.68. The minimum Gasteiger partial charge on any atom is -0.451 e. The first kappa shape index (κ1) is 14.6. The Morgan fingerprint density at radius 3 is 2.88 bits per heavy atom. The van der Waals surface area contributed by atoms with Gasteiger partial charge in [-0.25, -0.2) is 4.79 Å². The minimum atomic E-state index is -0.310. The van der Waals surface area contributed by atoms with Crippen LogP contribution in [-0.4, -0.2) is 11.6 Å². The van der Waals surface area contributed by atoms with E-state index in [-0.39, 0.29) is 17.0 Å². The van der Waals surface area contributed by atoms with Crippen molar-refractivity contribution in [1.29, 1.82) is 0 Å². The maximum Gasteiger partial charge on any atom is 0.331 e. The van der Waals surface area contributed by atoms with Crippen LogP contribution in [0.25, 0.3) is 0 Å². The summed E-state index contributed by atoms with van der Waals surface area (Å²) in [5.74, 6) is 3.77. The second-order valence-electron chi connectivity index (χ2n) is 9.63. The standard InChI is InChI=1S/C22H27NO2/c1-21-7-4-14-13-3-2-12(23)10-15(13)16-11-17(16)20(14)18(21)5-8-22(21)9-6-19(24)25-22/h6,9-10,14,16-18,20H,2-5,7-8,11,23H2,1H3/t14?,16?,17?,18?,20?,21-,22+/m0/s1. The van der Waals surface area contributed by atoms with Gasteiger partial charge in [-0.15, -0.1) is 0 Å². The van der Waals surface area contributed by atoms with Gasteiger partial charge in [-0.1, -0.05) is 12.5 Å². The molecule has 0 aromatic heterocycles. The highest BCUT2D eigenvalue weighted by Crippen LogP contribution is 2.71. The van der Waals surface area contributed by atoms with E-state index in [0.29, 0.717) is 5.92 Å². The molecule has 0 saturated heterocycles. The Labute approximate surface area is 149 Å². The molecule has 3 saturated carbocycles. The third-order valence-electron chi connectivity index (χ3n) is 8.86. The zero-order valence-electron chi connectivity index (χ0n) is 15.0. The van der Waals surface area contributed by atoms with Crippen LogP contribution in [0, 0.1) is 35.0 Å². The number of hydrogen-bond acceptors (Lipinski definition) is 3. The summed E-state index contributed by atoms with van der Waals surface area (Å²) in [5, 5.41) is 0. The Morgan fingerprint density at radius 1 is 1.20 bits per heavy atom. The van der Waals surface area contributed by atoms with Gasteiger partial charge in [-0.05, 0) is 92.3 Å². The van der Waals surface area contributed by atoms with Gasteiger partial charge in [0, 0.05) is 17.2 Å². The number of allylic oxidation sites excluding steroid dienone is 4. The quantitative estimate of drug-likeness (QED) is 0.683. The lowest BCUT2D eigenvalue weighted by atomic mass is 9.52. The van der Waals surface area contributed by atoms with Crippen molar-refractivity contribution in [2.45, 2.75) is 57.5 Å². The van der Waals surface area contributed by atoms with E-state index in [4.69, 9.17) is 10.5 Å². The molecule has 3 heteroatoms. The van der Waals surface area contributed by atoms with Crippen LogP contribution in [0.2, 0.25) is 0 Å². The molecule has 0 aromatic rings. The molecule has 3 nitrogen and oxygen atoms in total. The van der Waals surface area contributed by atoms with Crippen LogP contribution in [0.5, 0.6) is 0 Å². The molecule has 7 atom stereocenters. The molecule has 1 aliphatic heterocycles. The van der Waals surface area contributed by atoms with Gasteiger partial charge in [0.05, 0.1) is 0 Å². The molecule has 3 fully saturated rings. The Bertz CT molecular complexity index is 777. The van der Waals surface area contributed by atoms with Gasteiger partial charge in [-0.2, -0.15) is 0 Å². The maximum atomic E-state index is 11.9. The fourth-order valence-electron chi connectivity index (χ4n) is 7.66. The Balaban J connectivity index is 1.41. The van der Waals surface area contributed by atoms with Crippen molar-refractivity contribution in [2.75, 3.05) is 0 Å². The Morgan fingerprint density at radius 2 is 2.08 bits per heavy atom. The van der Waals surface area contributed by atoms with Crippen LogP contribution in [0.4, 0.5) is 0 Å². The molecule has 5 aliphatic carbocycles. The van der Waals surface area contributed by atoms with Gasteiger partial charge in [0.25, 0.3) is 0 Å². The lowest BCUT2D eigenvalue weighted by Crippen LogP contribution is -2.51. The molecule has 0 aromatic carbocycles. The lowest BCUT2D eigenvalue weighted by molar-refractivity contribution is -0.160. The molecule has 0 radical (unpaired) electrons. The molecule has 0 amide bonds. The maximum absolute atomic E-state index is 11.9. The predicted octanol–water partition coefficient (Wildman–Crippen LogP) is 3.86. The van der Waals surface area contributed by atoms with E-state index in [1.807, 2.05) is 0 Å². The molecule has 6 aliphatic rings. The number of esters is 1. The second kappa shape index (κ2) is 4.42. The summed E-state index contributed by atoms with van der Waals surface area (Å²) in [6.45, 7) is 2.42. The average molecular weight is 337 g/mol. The predicted molar refractivity (Wildman–Crippen MR) is 95.1 cm³/mol. The lowest BCUT2D eigenvalue weighted by Gasteiger charge is -2.53. The topological polar surface area (TPSA) is 52.3 Å². The SMILES string of the molecule is C[C@]12CCC3C4=C(C=C(N)CC4)C4CC4C3C1CC[C@@]21C=CC(=O)O1. The van der Waals surface area contributed by atoms with Crippen LogP contribution in [0.1, 0.15) is 51.9 Å². The highest BCUT2D eigenvalue weighted by molar-refractivity contribution is 5.85. The molecule has 1 spiro atoms. The van der Waals surface area contributed by atoms with Gasteiger partial charge in [0.2, 0.25) is 0 Å². The molecule has 1 heterocycles. The smallest absolute Gasteiger partial charge is 0.331 e. The van der Waals surface area contributed by atoms with Gasteiger partial charge >= 0.3 is 5.97 Å². The average Bonchev–Trinajstić information content (AvgIpc) is 3.23. The first-order chi connectivity index (χ1) is 12.0. The van der Waals surface area contributed by atoms with Gasteiger partial charge in [-0.3, -0.25) is 0 Å². The van der Waals surface area contributed by atoms with Crippen LogP contribution in [-0.2, 0) is 9.53 Å². The number of carbonyl (C=O) groups is 1. The number of carbonyl (C=O) groups excluding carboxylic acids is 1. The number of nitrogens with two attached hydrogens (primary N) is 1. The molecule has 5 unspecified atom stereocenters. The molecular weight excluding hydrogens is 310 g/mol. The van der Waals surface area contributed by atoms with E-state index in [9.17, 15) is 4.79 Å². The number of fused-ring (bicyclic) bond motifs is 8. The zero-order valence-corrected chi connectivity index (χ0v) is 15.0. The number of rotatable bonds is 0. The van der Waals surface area contributed by atoms with E-state index in [1.54, 1.807) is 17.2 Å². The van der Waals surface area contributed by atoms with Gasteiger partial charge < -0.3 is 10.5 Å². The van der Waals surface area contributed by atoms with Crippen molar-refractivity contribution in [3.05, 3.63) is 35.1 Å². The number of hydrogen-bond donors (Lipinski definition) is 1. The monoisotopic (exact) mass is 337 g/mol. The van der Waals surface area contributed by atoms with E-state index in [2.05, 4.69) is 19.1 Å². The fourth-order valence-corrected chi connectivity index (χ4v) is 7.66. The first-order valence-electron chi connectivity index (χ1n) is 10.1. The minimum absolute atomic E-state index is 0.130. The highest BCUT2D eigenvalue weighted by atomic mass is 16.6. The summed E-state index contributed by atoms with van der Waals surface area (Å²) in [4.78, 5) is 11.9. The van der Waals surface area contributed by atoms with Crippen LogP contribution >= 0.6 is 0 Å². The molecule has 0 bridgehead atoms. The summed E-state index contributed by atoms with van der Waals surface area (Å²) in [6, 6.07) is 0. The Hall–Kier alpha value is -1.51. The summed E-state index contributed by atoms with van der Waals surface area (Å²) in [7, 11) is 0. The normalized spacial score (nSPS) is 52.3. The molecule has 6 rings (SSSR count). The summed E-state index contributed by atoms with van der Waals surface area (Å²) >= 11 is 0. The van der Waals surface area contributed by atoms with E-state index in [1.165, 1.54) is 32.1 Å². The van der Waals surface area contributed by atoms with Gasteiger partial charge in [0.1, 0.15) is 5.60 Å². The molecular formula is C22H27NO2. The molecule has 2 N–H and O–H groups in total. The third-order valence-corrected chi connectivity index (χ3v) is 8.86. The van der Waals surface area contributed by atoms with Crippen molar-refractivity contribution < 1.29 is 9.53 Å². The van der Waals surface area contributed by atoms with E-state index in [0.717, 1.165) is 42.2 Å². The van der Waals surface area contributed by atoms with Crippen molar-refractivity contribution in [3.8, 4) is 0 Å². The van der Waals surface area contributed by atoms with Crippen molar-refractivity contribution in [1.82, 2.24) is 0 Å². The van der Waals surface area contributed by atoms with Crippen LogP contribution in [0.3, 0.4) is 0 Å². The van der Waals surface area contributed by atoms with Crippen molar-refractivity contribution in [3.63, 3.8) is 0 Å². The Kier molecular flexibility index (Phi) is 2.59. The van der Waals surface area contributed by atoms with Crippen molar-refractivity contribution in [2.24, 2.45) is 40.7 Å². The largest absolute Gasteiger partial charge is 0.451 e.